The maximum Gasteiger partial charge on any atom is 0.305 e. The van der Waals surface area contributed by atoms with Crippen molar-refractivity contribution in [2.45, 2.75) is 13.3 Å². The molecule has 0 saturated carbocycles. The van der Waals surface area contributed by atoms with Gasteiger partial charge >= 0.3 is 5.97 Å². The van der Waals surface area contributed by atoms with E-state index >= 15 is 0 Å². The number of carbonyl (C=O) groups is 1. The quantitative estimate of drug-likeness (QED) is 0.0718. The molecule has 0 saturated heterocycles. The molecule has 0 heterocycles. The van der Waals surface area contributed by atoms with Gasteiger partial charge in [-0.25, -0.2) is 0 Å². The number of carbonyl (C=O) groups excluding carboxylic acids is 1. The lowest BCUT2D eigenvalue weighted by Crippen LogP contribution is -2.15. The second-order valence-corrected chi connectivity index (χ2v) is 8.30. The third kappa shape index (κ3) is 37.0. The molecular weight excluding hydrogens is 560 g/mol. The number of methoxy groups -OCH3 is 1. The monoisotopic (exact) mass is 616 g/mol. The molecule has 0 aliphatic rings. The molecule has 42 heavy (non-hydrogen) atoms. The summed E-state index contributed by atoms with van der Waals surface area (Å²) in [6, 6.07) is 0. The van der Waals surface area contributed by atoms with Crippen LogP contribution < -0.4 is 0 Å². The Morgan fingerprint density at radius 2 is 0.524 bits per heavy atom. The van der Waals surface area contributed by atoms with Crippen molar-refractivity contribution in [3.05, 3.63) is 0 Å². The average molecular weight is 617 g/mol. The van der Waals surface area contributed by atoms with Gasteiger partial charge in [0.25, 0.3) is 0 Å². The largest absolute Gasteiger partial charge is 0.463 e. The first kappa shape index (κ1) is 41.0. The Morgan fingerprint density at radius 1 is 0.333 bits per heavy atom. The molecule has 252 valence electrons. The van der Waals surface area contributed by atoms with Crippen LogP contribution in [0.4, 0.5) is 0 Å². The zero-order valence-electron chi connectivity index (χ0n) is 25.9. The first-order valence-electron chi connectivity index (χ1n) is 14.8. The van der Waals surface area contributed by atoms with Crippen LogP contribution >= 0.6 is 0 Å². The first-order chi connectivity index (χ1) is 20.8. The summed E-state index contributed by atoms with van der Waals surface area (Å²) >= 11 is 0. The standard InChI is InChI=1S/C28H56O14/c1-3-28(29)42-27-26-41-25-24-40-23-22-39-21-20-38-19-18-37-17-16-36-15-14-35-13-12-34-11-10-33-9-8-32-7-6-31-5-4-30-2/h3-27H2,1-2H3. The number of rotatable bonds is 37. The molecule has 0 aromatic heterocycles. The zero-order chi connectivity index (χ0) is 30.4. The van der Waals surface area contributed by atoms with Crippen molar-refractivity contribution >= 4 is 5.97 Å². The van der Waals surface area contributed by atoms with Gasteiger partial charge in [-0.15, -0.1) is 0 Å². The van der Waals surface area contributed by atoms with E-state index in [2.05, 4.69) is 0 Å². The van der Waals surface area contributed by atoms with Crippen molar-refractivity contribution < 1.29 is 66.4 Å². The molecule has 14 heteroatoms. The van der Waals surface area contributed by atoms with Crippen molar-refractivity contribution in [2.75, 3.05) is 166 Å². The topological polar surface area (TPSA) is 137 Å². The maximum atomic E-state index is 10.9. The fraction of sp³-hybridized carbons (Fsp3) is 0.964. The summed E-state index contributed by atoms with van der Waals surface area (Å²) in [5.74, 6) is -0.223. The maximum absolute atomic E-state index is 10.9. The molecule has 0 bridgehead atoms. The van der Waals surface area contributed by atoms with E-state index in [4.69, 9.17) is 61.6 Å². The van der Waals surface area contributed by atoms with E-state index in [9.17, 15) is 4.79 Å². The van der Waals surface area contributed by atoms with Gasteiger partial charge in [-0.2, -0.15) is 0 Å². The van der Waals surface area contributed by atoms with Gasteiger partial charge in [0.1, 0.15) is 6.61 Å². The summed E-state index contributed by atoms with van der Waals surface area (Å²) in [5, 5.41) is 0. The minimum absolute atomic E-state index is 0.223. The Kier molecular flexibility index (Phi) is 37.1. The highest BCUT2D eigenvalue weighted by Gasteiger charge is 1.98. The summed E-state index contributed by atoms with van der Waals surface area (Å²) < 4.78 is 69.3. The van der Waals surface area contributed by atoms with E-state index in [1.165, 1.54) is 0 Å². The highest BCUT2D eigenvalue weighted by Crippen LogP contribution is 1.88. The smallest absolute Gasteiger partial charge is 0.305 e. The molecule has 0 spiro atoms. The third-order valence-electron chi connectivity index (χ3n) is 4.93. The Hall–Kier alpha value is -1.01. The highest BCUT2D eigenvalue weighted by atomic mass is 16.6. The summed E-state index contributed by atoms with van der Waals surface area (Å²) in [6.45, 7) is 13.7. The van der Waals surface area contributed by atoms with E-state index in [1.54, 1.807) is 14.0 Å². The highest BCUT2D eigenvalue weighted by molar-refractivity contribution is 5.68. The Morgan fingerprint density at radius 3 is 0.714 bits per heavy atom. The van der Waals surface area contributed by atoms with Gasteiger partial charge in [-0.05, 0) is 0 Å². The fourth-order valence-electron chi connectivity index (χ4n) is 2.76. The molecule has 0 radical (unpaired) electrons. The van der Waals surface area contributed by atoms with Crippen LogP contribution in [-0.2, 0) is 66.4 Å². The summed E-state index contributed by atoms with van der Waals surface area (Å²) in [5.41, 5.74) is 0. The van der Waals surface area contributed by atoms with Crippen molar-refractivity contribution in [1.82, 2.24) is 0 Å². The Labute approximate surface area is 251 Å². The van der Waals surface area contributed by atoms with Crippen molar-refractivity contribution in [3.8, 4) is 0 Å². The summed E-state index contributed by atoms with van der Waals surface area (Å²) in [4.78, 5) is 10.9. The van der Waals surface area contributed by atoms with Crippen LogP contribution in [0.1, 0.15) is 13.3 Å². The summed E-state index contributed by atoms with van der Waals surface area (Å²) in [6.07, 6.45) is 0.373. The van der Waals surface area contributed by atoms with Crippen LogP contribution in [0.2, 0.25) is 0 Å². The molecule has 0 fully saturated rings. The number of esters is 1. The third-order valence-corrected chi connectivity index (χ3v) is 4.93. The van der Waals surface area contributed by atoms with Gasteiger partial charge in [0.15, 0.2) is 0 Å². The van der Waals surface area contributed by atoms with Gasteiger partial charge in [-0.3, -0.25) is 4.79 Å². The zero-order valence-corrected chi connectivity index (χ0v) is 25.9. The van der Waals surface area contributed by atoms with Crippen LogP contribution in [0.15, 0.2) is 0 Å². The molecule has 0 atom stereocenters. The normalized spacial score (nSPS) is 11.4. The molecule has 0 aliphatic heterocycles. The molecule has 0 N–H and O–H groups in total. The Bertz CT molecular complexity index is 515. The molecule has 14 nitrogen and oxygen atoms in total. The number of hydrogen-bond donors (Lipinski definition) is 0. The lowest BCUT2D eigenvalue weighted by atomic mass is 10.5. The van der Waals surface area contributed by atoms with Crippen LogP contribution in [0.5, 0.6) is 0 Å². The van der Waals surface area contributed by atoms with Crippen molar-refractivity contribution in [2.24, 2.45) is 0 Å². The van der Waals surface area contributed by atoms with E-state index < -0.39 is 0 Å². The van der Waals surface area contributed by atoms with E-state index in [1.807, 2.05) is 0 Å². The number of ether oxygens (including phenoxy) is 13. The van der Waals surface area contributed by atoms with Crippen LogP contribution in [-0.4, -0.2) is 172 Å². The average Bonchev–Trinajstić information content (AvgIpc) is 3.00. The second-order valence-electron chi connectivity index (χ2n) is 8.30. The SMILES string of the molecule is CCC(=O)OCCOCCOCCOCCOCCOCCOCCOCCOCCOCCOCCOCCOC. The molecule has 0 unspecified atom stereocenters. The Balaban J connectivity index is 3.04. The molecule has 0 aromatic carbocycles. The van der Waals surface area contributed by atoms with Gasteiger partial charge in [0.05, 0.1) is 152 Å². The van der Waals surface area contributed by atoms with E-state index in [0.717, 1.165) is 0 Å². The molecule has 0 aliphatic carbocycles. The molecule has 0 aromatic rings. The van der Waals surface area contributed by atoms with Crippen molar-refractivity contribution in [1.29, 1.82) is 0 Å². The predicted molar refractivity (Wildman–Crippen MR) is 152 cm³/mol. The van der Waals surface area contributed by atoms with Crippen molar-refractivity contribution in [3.63, 3.8) is 0 Å². The lowest BCUT2D eigenvalue weighted by molar-refractivity contribution is -0.144. The first-order valence-corrected chi connectivity index (χ1v) is 14.8. The molecule has 0 amide bonds. The fourth-order valence-corrected chi connectivity index (χ4v) is 2.76. The van der Waals surface area contributed by atoms with Gasteiger partial charge in [0.2, 0.25) is 0 Å². The van der Waals surface area contributed by atoms with Gasteiger partial charge < -0.3 is 61.6 Å². The predicted octanol–water partition coefficient (Wildman–Crippen LogP) is 0.769. The number of hydrogen-bond acceptors (Lipinski definition) is 14. The molecular formula is C28H56O14. The molecule has 0 rings (SSSR count). The van der Waals surface area contributed by atoms with Crippen LogP contribution in [0.3, 0.4) is 0 Å². The van der Waals surface area contributed by atoms with Crippen LogP contribution in [0, 0.1) is 0 Å². The minimum atomic E-state index is -0.223. The van der Waals surface area contributed by atoms with Gasteiger partial charge in [-0.1, -0.05) is 6.92 Å². The van der Waals surface area contributed by atoms with E-state index in [-0.39, 0.29) is 12.6 Å². The minimum Gasteiger partial charge on any atom is -0.463 e. The lowest BCUT2D eigenvalue weighted by Gasteiger charge is -2.09. The second kappa shape index (κ2) is 38.0. The summed E-state index contributed by atoms with van der Waals surface area (Å²) in [7, 11) is 1.64. The van der Waals surface area contributed by atoms with Crippen LogP contribution in [0.25, 0.3) is 0 Å². The van der Waals surface area contributed by atoms with E-state index in [0.29, 0.717) is 158 Å². The van der Waals surface area contributed by atoms with Gasteiger partial charge in [0, 0.05) is 13.5 Å².